The van der Waals surface area contributed by atoms with Gasteiger partial charge in [0, 0.05) is 6.08 Å². The van der Waals surface area contributed by atoms with Crippen LogP contribution in [0.2, 0.25) is 0 Å². The van der Waals surface area contributed by atoms with Crippen LogP contribution >= 0.6 is 11.3 Å². The predicted octanol–water partition coefficient (Wildman–Crippen LogP) is 5.34. The van der Waals surface area contributed by atoms with Gasteiger partial charge in [-0.15, -0.1) is 11.3 Å². The van der Waals surface area contributed by atoms with E-state index in [2.05, 4.69) is 5.32 Å². The van der Waals surface area contributed by atoms with Gasteiger partial charge in [0.1, 0.15) is 22.6 Å². The highest BCUT2D eigenvalue weighted by molar-refractivity contribution is 7.18. The van der Waals surface area contributed by atoms with Crippen LogP contribution in [0.15, 0.2) is 54.6 Å². The fourth-order valence-corrected chi connectivity index (χ4v) is 4.15. The minimum atomic E-state index is -0.515. The van der Waals surface area contributed by atoms with E-state index in [9.17, 15) is 14.9 Å². The molecule has 0 bridgehead atoms. The molecule has 1 N–H and O–H groups in total. The lowest BCUT2D eigenvalue weighted by atomic mass is 10.1. The number of nitrogens with zero attached hydrogens (tertiary/aromatic N) is 1. The first kappa shape index (κ1) is 24.6. The number of amides is 1. The number of thiophene rings is 1. The van der Waals surface area contributed by atoms with E-state index in [4.69, 9.17) is 14.2 Å². The fraction of sp³-hybridized carbons (Fsp3) is 0.192. The smallest absolute Gasteiger partial charge is 0.348 e. The molecule has 1 aromatic heterocycles. The molecule has 0 spiro atoms. The number of nitrogens with one attached hydrogen (secondary N) is 1. The second-order valence-corrected chi connectivity index (χ2v) is 8.12. The molecule has 0 aliphatic rings. The maximum atomic E-state index is 12.5. The molecule has 1 amide bonds. The third kappa shape index (κ3) is 6.03. The lowest BCUT2D eigenvalue weighted by Crippen LogP contribution is -2.07. The summed E-state index contributed by atoms with van der Waals surface area (Å²) >= 11 is 1.02. The molecule has 3 aromatic rings. The number of anilines is 1. The summed E-state index contributed by atoms with van der Waals surface area (Å²) in [5, 5.41) is 12.4. The van der Waals surface area contributed by atoms with Crippen molar-refractivity contribution in [2.75, 3.05) is 19.0 Å². The number of nitriles is 1. The van der Waals surface area contributed by atoms with E-state index in [0.29, 0.717) is 33.5 Å². The van der Waals surface area contributed by atoms with E-state index in [1.807, 2.05) is 42.5 Å². The zero-order chi connectivity index (χ0) is 24.5. The van der Waals surface area contributed by atoms with E-state index >= 15 is 0 Å². The van der Waals surface area contributed by atoms with Crippen molar-refractivity contribution in [3.8, 4) is 17.6 Å². The Balaban J connectivity index is 1.69. The zero-order valence-electron chi connectivity index (χ0n) is 19.1. The molecule has 2 aromatic carbocycles. The standard InChI is InChI=1S/C26H24N2O5S/c1-4-32-26(30)24-17(2)20(15-27)25(34-24)28-23(29)13-11-18-10-12-21(22(14-18)31-3)33-16-19-8-6-5-7-9-19/h5-14H,4,16H2,1-3H3,(H,28,29). The van der Waals surface area contributed by atoms with E-state index in [-0.39, 0.29) is 12.2 Å². The molecule has 0 unspecified atom stereocenters. The van der Waals surface area contributed by atoms with Crippen LogP contribution in [0, 0.1) is 18.3 Å². The van der Waals surface area contributed by atoms with Gasteiger partial charge in [-0.1, -0.05) is 36.4 Å². The summed E-state index contributed by atoms with van der Waals surface area (Å²) in [6, 6.07) is 17.2. The predicted molar refractivity (Wildman–Crippen MR) is 131 cm³/mol. The first-order chi connectivity index (χ1) is 16.5. The minimum Gasteiger partial charge on any atom is -0.493 e. The zero-order valence-corrected chi connectivity index (χ0v) is 19.9. The van der Waals surface area contributed by atoms with Gasteiger partial charge in [-0.2, -0.15) is 5.26 Å². The van der Waals surface area contributed by atoms with Gasteiger partial charge in [0.15, 0.2) is 11.5 Å². The van der Waals surface area contributed by atoms with Crippen LogP contribution in [0.4, 0.5) is 5.00 Å². The van der Waals surface area contributed by atoms with E-state index in [1.165, 1.54) is 6.08 Å². The lowest BCUT2D eigenvalue weighted by Gasteiger charge is -2.11. The maximum absolute atomic E-state index is 12.5. The Morgan fingerprint density at radius 1 is 1.15 bits per heavy atom. The number of carbonyl (C=O) groups excluding carboxylic acids is 2. The van der Waals surface area contributed by atoms with Crippen LogP contribution < -0.4 is 14.8 Å². The molecule has 0 aliphatic heterocycles. The van der Waals surface area contributed by atoms with Gasteiger partial charge >= 0.3 is 5.97 Å². The molecule has 7 nitrogen and oxygen atoms in total. The number of ether oxygens (including phenoxy) is 3. The van der Waals surface area contributed by atoms with Crippen LogP contribution in [-0.2, 0) is 16.1 Å². The Kier molecular flexibility index (Phi) is 8.43. The molecule has 0 radical (unpaired) electrons. The van der Waals surface area contributed by atoms with Gasteiger partial charge in [-0.3, -0.25) is 4.79 Å². The van der Waals surface area contributed by atoms with Crippen LogP contribution in [0.5, 0.6) is 11.5 Å². The first-order valence-electron chi connectivity index (χ1n) is 10.5. The number of hydrogen-bond donors (Lipinski definition) is 1. The molecule has 0 fully saturated rings. The largest absolute Gasteiger partial charge is 0.493 e. The Morgan fingerprint density at radius 3 is 2.59 bits per heavy atom. The number of esters is 1. The SMILES string of the molecule is CCOC(=O)c1sc(NC(=O)C=Cc2ccc(OCc3ccccc3)c(OC)c2)c(C#N)c1C. The number of hydrogen-bond acceptors (Lipinski definition) is 7. The number of benzene rings is 2. The lowest BCUT2D eigenvalue weighted by molar-refractivity contribution is -0.111. The Labute approximate surface area is 202 Å². The molecular weight excluding hydrogens is 452 g/mol. The quantitative estimate of drug-likeness (QED) is 0.330. The Morgan fingerprint density at radius 2 is 1.91 bits per heavy atom. The van der Waals surface area contributed by atoms with Gasteiger partial charge in [0.25, 0.3) is 0 Å². The van der Waals surface area contributed by atoms with Crippen molar-refractivity contribution in [1.29, 1.82) is 5.26 Å². The van der Waals surface area contributed by atoms with E-state index in [0.717, 1.165) is 22.5 Å². The van der Waals surface area contributed by atoms with Crippen molar-refractivity contribution in [2.24, 2.45) is 0 Å². The number of carbonyl (C=O) groups is 2. The highest BCUT2D eigenvalue weighted by Gasteiger charge is 2.21. The van der Waals surface area contributed by atoms with Gasteiger partial charge in [-0.25, -0.2) is 4.79 Å². The summed E-state index contributed by atoms with van der Waals surface area (Å²) in [6.45, 7) is 3.99. The molecule has 0 saturated carbocycles. The van der Waals surface area contributed by atoms with Gasteiger partial charge < -0.3 is 19.5 Å². The van der Waals surface area contributed by atoms with Crippen LogP contribution in [-0.4, -0.2) is 25.6 Å². The topological polar surface area (TPSA) is 97.7 Å². The molecule has 1 heterocycles. The van der Waals surface area contributed by atoms with Crippen molar-refractivity contribution in [1.82, 2.24) is 0 Å². The summed E-state index contributed by atoms with van der Waals surface area (Å²) in [5.74, 6) is 0.182. The summed E-state index contributed by atoms with van der Waals surface area (Å²) in [6.07, 6.45) is 2.97. The normalized spacial score (nSPS) is 10.5. The highest BCUT2D eigenvalue weighted by Crippen LogP contribution is 2.33. The van der Waals surface area contributed by atoms with Crippen molar-refractivity contribution in [2.45, 2.75) is 20.5 Å². The molecule has 34 heavy (non-hydrogen) atoms. The molecule has 174 valence electrons. The molecule has 8 heteroatoms. The minimum absolute atomic E-state index is 0.224. The van der Waals surface area contributed by atoms with Crippen LogP contribution in [0.1, 0.15) is 38.8 Å². The third-order valence-corrected chi connectivity index (χ3v) is 6.00. The Bertz CT molecular complexity index is 1240. The van der Waals surface area contributed by atoms with Crippen molar-refractivity contribution >= 4 is 34.3 Å². The fourth-order valence-electron chi connectivity index (χ4n) is 3.10. The van der Waals surface area contributed by atoms with Gasteiger partial charge in [0.05, 0.1) is 19.3 Å². The summed E-state index contributed by atoms with van der Waals surface area (Å²) in [5.41, 5.74) is 2.50. The Hall–Kier alpha value is -4.09. The van der Waals surface area contributed by atoms with Crippen LogP contribution in [0.25, 0.3) is 6.08 Å². The third-order valence-electron chi connectivity index (χ3n) is 4.81. The van der Waals surface area contributed by atoms with Crippen molar-refractivity contribution in [3.63, 3.8) is 0 Å². The summed E-state index contributed by atoms with van der Waals surface area (Å²) < 4.78 is 16.3. The molecule has 3 rings (SSSR count). The van der Waals surface area contributed by atoms with Gasteiger partial charge in [0.2, 0.25) is 5.91 Å². The van der Waals surface area contributed by atoms with E-state index < -0.39 is 11.9 Å². The molecule has 0 aliphatic carbocycles. The number of methoxy groups -OCH3 is 1. The van der Waals surface area contributed by atoms with Crippen molar-refractivity contribution in [3.05, 3.63) is 81.7 Å². The summed E-state index contributed by atoms with van der Waals surface area (Å²) in [7, 11) is 1.55. The molecule has 0 saturated heterocycles. The van der Waals surface area contributed by atoms with Crippen LogP contribution in [0.3, 0.4) is 0 Å². The monoisotopic (exact) mass is 476 g/mol. The van der Waals surface area contributed by atoms with Gasteiger partial charge in [-0.05, 0) is 48.7 Å². The average molecular weight is 477 g/mol. The highest BCUT2D eigenvalue weighted by atomic mass is 32.1. The molecular formula is C26H24N2O5S. The second kappa shape index (κ2) is 11.7. The second-order valence-electron chi connectivity index (χ2n) is 7.10. The maximum Gasteiger partial charge on any atom is 0.348 e. The average Bonchev–Trinajstić information content (AvgIpc) is 3.17. The molecule has 0 atom stereocenters. The first-order valence-corrected chi connectivity index (χ1v) is 11.3. The number of rotatable bonds is 9. The van der Waals surface area contributed by atoms with E-state index in [1.54, 1.807) is 39.2 Å². The van der Waals surface area contributed by atoms with Crippen molar-refractivity contribution < 1.29 is 23.8 Å². The summed E-state index contributed by atoms with van der Waals surface area (Å²) in [4.78, 5) is 24.9.